The molecular weight excluding hydrogens is 365 g/mol. The number of nitrogens with one attached hydrogen (secondary N) is 1. The molecule has 0 radical (unpaired) electrons. The van der Waals surface area contributed by atoms with Gasteiger partial charge in [0.1, 0.15) is 0 Å². The van der Waals surface area contributed by atoms with E-state index < -0.39 is 17.6 Å². The molecule has 0 bridgehead atoms. The van der Waals surface area contributed by atoms with Gasteiger partial charge < -0.3 is 5.32 Å². The molecule has 0 fully saturated rings. The maximum atomic E-state index is 13.0. The van der Waals surface area contributed by atoms with Gasteiger partial charge in [-0.1, -0.05) is 35.9 Å². The van der Waals surface area contributed by atoms with E-state index in [1.165, 1.54) is 18.3 Å². The third-order valence-corrected chi connectivity index (χ3v) is 3.97. The zero-order valence-electron chi connectivity index (χ0n) is 13.2. The molecule has 3 nitrogen and oxygen atoms in total. The second-order valence-corrected chi connectivity index (χ2v) is 5.82. The number of hydrogen-bond acceptors (Lipinski definition) is 2. The van der Waals surface area contributed by atoms with Crippen LogP contribution in [-0.2, 0) is 6.18 Å². The van der Waals surface area contributed by atoms with Crippen LogP contribution in [-0.4, -0.2) is 10.9 Å². The van der Waals surface area contributed by atoms with Crippen molar-refractivity contribution < 1.29 is 18.0 Å². The molecule has 0 atom stereocenters. The number of benzene rings is 2. The van der Waals surface area contributed by atoms with Crippen LogP contribution in [0.2, 0.25) is 5.02 Å². The third-order valence-electron chi connectivity index (χ3n) is 3.64. The quantitative estimate of drug-likeness (QED) is 0.639. The van der Waals surface area contributed by atoms with Crippen molar-refractivity contribution in [3.8, 4) is 11.3 Å². The average molecular weight is 377 g/mol. The van der Waals surface area contributed by atoms with Crippen molar-refractivity contribution in [2.24, 2.45) is 0 Å². The van der Waals surface area contributed by atoms with Gasteiger partial charge >= 0.3 is 6.18 Å². The van der Waals surface area contributed by atoms with Crippen LogP contribution in [0, 0.1) is 0 Å². The lowest BCUT2D eigenvalue weighted by atomic mass is 10.1. The summed E-state index contributed by atoms with van der Waals surface area (Å²) in [4.78, 5) is 16.6. The highest BCUT2D eigenvalue weighted by molar-refractivity contribution is 6.34. The molecule has 0 saturated carbocycles. The van der Waals surface area contributed by atoms with Gasteiger partial charge in [0.25, 0.3) is 5.91 Å². The summed E-state index contributed by atoms with van der Waals surface area (Å²) in [6, 6.07) is 14.4. The Hall–Kier alpha value is -2.86. The van der Waals surface area contributed by atoms with Gasteiger partial charge in [-0.2, -0.15) is 13.2 Å². The second kappa shape index (κ2) is 7.17. The molecule has 26 heavy (non-hydrogen) atoms. The molecule has 1 amide bonds. The Morgan fingerprint density at radius 3 is 2.50 bits per heavy atom. The fourth-order valence-corrected chi connectivity index (χ4v) is 2.64. The van der Waals surface area contributed by atoms with Crippen molar-refractivity contribution in [2.45, 2.75) is 6.18 Å². The van der Waals surface area contributed by atoms with Gasteiger partial charge in [-0.15, -0.1) is 0 Å². The fourth-order valence-electron chi connectivity index (χ4n) is 2.41. The number of pyridine rings is 1. The molecule has 1 aromatic heterocycles. The summed E-state index contributed by atoms with van der Waals surface area (Å²) in [7, 11) is 0. The van der Waals surface area contributed by atoms with Crippen LogP contribution in [0.5, 0.6) is 0 Å². The Morgan fingerprint density at radius 1 is 1.00 bits per heavy atom. The topological polar surface area (TPSA) is 42.0 Å². The van der Waals surface area contributed by atoms with Gasteiger partial charge in [-0.3, -0.25) is 9.78 Å². The average Bonchev–Trinajstić information content (AvgIpc) is 2.62. The summed E-state index contributed by atoms with van der Waals surface area (Å²) in [5, 5.41) is 2.93. The maximum Gasteiger partial charge on any atom is 0.416 e. The number of nitrogens with zero attached hydrogens (tertiary/aromatic N) is 1. The first-order valence-corrected chi connectivity index (χ1v) is 7.92. The lowest BCUT2D eigenvalue weighted by Crippen LogP contribution is -2.13. The zero-order chi connectivity index (χ0) is 18.7. The summed E-state index contributed by atoms with van der Waals surface area (Å²) >= 11 is 6.01. The standard InChI is InChI=1S/C19H12ClF3N2O/c20-15-8-2-1-7-14(15)18(26)25-16-9-4-10-24-17(16)12-5-3-6-13(11-12)19(21,22)23/h1-11H,(H,25,26). The van der Waals surface area contributed by atoms with Crippen molar-refractivity contribution in [3.63, 3.8) is 0 Å². The molecule has 0 aliphatic carbocycles. The second-order valence-electron chi connectivity index (χ2n) is 5.41. The number of anilines is 1. The zero-order valence-corrected chi connectivity index (χ0v) is 14.0. The van der Waals surface area contributed by atoms with Gasteiger partial charge in [-0.25, -0.2) is 0 Å². The van der Waals surface area contributed by atoms with Crippen LogP contribution >= 0.6 is 11.6 Å². The first-order valence-electron chi connectivity index (χ1n) is 7.55. The summed E-state index contributed by atoms with van der Waals surface area (Å²) in [5.41, 5.74) is 0.239. The molecule has 0 aliphatic heterocycles. The molecule has 0 unspecified atom stereocenters. The van der Waals surface area contributed by atoms with Crippen LogP contribution in [0.1, 0.15) is 15.9 Å². The number of alkyl halides is 3. The van der Waals surface area contributed by atoms with Gasteiger partial charge in [0, 0.05) is 11.8 Å². The Balaban J connectivity index is 1.97. The number of carbonyl (C=O) groups excluding carboxylic acids is 1. The van der Waals surface area contributed by atoms with Gasteiger partial charge in [-0.05, 0) is 36.4 Å². The molecular formula is C19H12ClF3N2O. The first-order chi connectivity index (χ1) is 12.4. The summed E-state index contributed by atoms with van der Waals surface area (Å²) in [6.45, 7) is 0. The van der Waals surface area contributed by atoms with Gasteiger partial charge in [0.05, 0.1) is 27.5 Å². The molecule has 2 aromatic carbocycles. The minimum Gasteiger partial charge on any atom is -0.320 e. The van der Waals surface area contributed by atoms with E-state index in [1.807, 2.05) is 0 Å². The van der Waals surface area contributed by atoms with Gasteiger partial charge in [0.2, 0.25) is 0 Å². The maximum absolute atomic E-state index is 13.0. The summed E-state index contributed by atoms with van der Waals surface area (Å²) < 4.78 is 38.9. The van der Waals surface area contributed by atoms with Crippen molar-refractivity contribution in [2.75, 3.05) is 5.32 Å². The van der Waals surface area contributed by atoms with E-state index in [0.717, 1.165) is 12.1 Å². The molecule has 132 valence electrons. The Morgan fingerprint density at radius 2 is 1.77 bits per heavy atom. The number of halogens is 4. The van der Waals surface area contributed by atoms with E-state index in [1.54, 1.807) is 36.4 Å². The minimum absolute atomic E-state index is 0.235. The van der Waals surface area contributed by atoms with E-state index in [4.69, 9.17) is 11.6 Å². The molecule has 7 heteroatoms. The minimum atomic E-state index is -4.47. The lowest BCUT2D eigenvalue weighted by Gasteiger charge is -2.13. The van der Waals surface area contributed by atoms with E-state index in [9.17, 15) is 18.0 Å². The van der Waals surface area contributed by atoms with E-state index in [-0.39, 0.29) is 27.5 Å². The number of amides is 1. The number of aromatic nitrogens is 1. The molecule has 0 spiro atoms. The highest BCUT2D eigenvalue weighted by atomic mass is 35.5. The Kier molecular flexibility index (Phi) is 4.95. The smallest absolute Gasteiger partial charge is 0.320 e. The van der Waals surface area contributed by atoms with Crippen molar-refractivity contribution in [1.29, 1.82) is 0 Å². The molecule has 1 heterocycles. The monoisotopic (exact) mass is 376 g/mol. The van der Waals surface area contributed by atoms with E-state index in [2.05, 4.69) is 10.3 Å². The van der Waals surface area contributed by atoms with Crippen LogP contribution < -0.4 is 5.32 Å². The predicted octanol–water partition coefficient (Wildman–Crippen LogP) is 5.67. The lowest BCUT2D eigenvalue weighted by molar-refractivity contribution is -0.137. The Bertz CT molecular complexity index is 957. The van der Waals surface area contributed by atoms with Gasteiger partial charge in [0.15, 0.2) is 0 Å². The van der Waals surface area contributed by atoms with Crippen LogP contribution in [0.4, 0.5) is 18.9 Å². The largest absolute Gasteiger partial charge is 0.416 e. The highest BCUT2D eigenvalue weighted by Gasteiger charge is 2.30. The number of rotatable bonds is 3. The molecule has 0 saturated heterocycles. The molecule has 3 rings (SSSR count). The molecule has 3 aromatic rings. The van der Waals surface area contributed by atoms with Crippen molar-refractivity contribution >= 4 is 23.2 Å². The molecule has 0 aliphatic rings. The van der Waals surface area contributed by atoms with Crippen molar-refractivity contribution in [3.05, 3.63) is 83.0 Å². The van der Waals surface area contributed by atoms with Crippen LogP contribution in [0.3, 0.4) is 0 Å². The highest BCUT2D eigenvalue weighted by Crippen LogP contribution is 2.33. The summed E-state index contributed by atoms with van der Waals surface area (Å²) in [5.74, 6) is -0.475. The SMILES string of the molecule is O=C(Nc1cccnc1-c1cccc(C(F)(F)F)c1)c1ccccc1Cl. The third kappa shape index (κ3) is 3.86. The van der Waals surface area contributed by atoms with Crippen LogP contribution in [0.25, 0.3) is 11.3 Å². The predicted molar refractivity (Wildman–Crippen MR) is 94.1 cm³/mol. The number of carbonyl (C=O) groups is 1. The first kappa shape index (κ1) is 17.9. The number of hydrogen-bond donors (Lipinski definition) is 1. The summed E-state index contributed by atoms with van der Waals surface area (Å²) in [6.07, 6.45) is -3.02. The fraction of sp³-hybridized carbons (Fsp3) is 0.0526. The van der Waals surface area contributed by atoms with E-state index >= 15 is 0 Å². The normalized spacial score (nSPS) is 11.2. The molecule has 1 N–H and O–H groups in total. The van der Waals surface area contributed by atoms with Crippen molar-refractivity contribution in [1.82, 2.24) is 4.98 Å². The Labute approximate surface area is 152 Å². The van der Waals surface area contributed by atoms with E-state index in [0.29, 0.717) is 0 Å². The van der Waals surface area contributed by atoms with Crippen LogP contribution in [0.15, 0.2) is 66.9 Å².